The second kappa shape index (κ2) is 6.78. The van der Waals surface area contributed by atoms with Crippen molar-refractivity contribution in [2.45, 2.75) is 18.1 Å². The first-order chi connectivity index (χ1) is 11.8. The molecule has 1 aliphatic heterocycles. The summed E-state index contributed by atoms with van der Waals surface area (Å²) in [5.74, 6) is -1.09. The zero-order valence-corrected chi connectivity index (χ0v) is 15.7. The van der Waals surface area contributed by atoms with Gasteiger partial charge < -0.3 is 10.0 Å². The number of sulfonamides is 1. The third kappa shape index (κ3) is 3.56. The second-order valence-corrected chi connectivity index (χ2v) is 9.33. The van der Waals surface area contributed by atoms with Gasteiger partial charge in [-0.15, -0.1) is 11.3 Å². The van der Waals surface area contributed by atoms with Crippen LogP contribution in [0, 0.1) is 13.8 Å². The van der Waals surface area contributed by atoms with E-state index in [-0.39, 0.29) is 9.09 Å². The number of aromatic carboxylic acids is 1. The Morgan fingerprint density at radius 2 is 1.80 bits per heavy atom. The molecule has 8 heteroatoms. The summed E-state index contributed by atoms with van der Waals surface area (Å²) in [6.45, 7) is 5.64. The van der Waals surface area contributed by atoms with Crippen LogP contribution in [0.25, 0.3) is 0 Å². The van der Waals surface area contributed by atoms with Crippen molar-refractivity contribution in [3.63, 3.8) is 0 Å². The second-order valence-electron chi connectivity index (χ2n) is 6.11. The molecular weight excluding hydrogens is 360 g/mol. The number of hydrogen-bond acceptors (Lipinski definition) is 5. The van der Waals surface area contributed by atoms with Crippen LogP contribution in [0.15, 0.2) is 34.5 Å². The molecule has 1 saturated heterocycles. The van der Waals surface area contributed by atoms with Crippen molar-refractivity contribution in [2.75, 3.05) is 31.1 Å². The Labute approximate surface area is 151 Å². The van der Waals surface area contributed by atoms with E-state index in [1.165, 1.54) is 15.9 Å². The minimum atomic E-state index is -3.65. The van der Waals surface area contributed by atoms with E-state index in [9.17, 15) is 13.2 Å². The average Bonchev–Trinajstić information content (AvgIpc) is 2.98. The quantitative estimate of drug-likeness (QED) is 0.882. The molecule has 0 spiro atoms. The van der Waals surface area contributed by atoms with Crippen LogP contribution in [0.2, 0.25) is 0 Å². The number of benzene rings is 1. The molecule has 2 heterocycles. The molecule has 1 fully saturated rings. The number of anilines is 1. The predicted octanol–water partition coefficient (Wildman–Crippen LogP) is 2.57. The van der Waals surface area contributed by atoms with Crippen molar-refractivity contribution in [1.29, 1.82) is 0 Å². The van der Waals surface area contributed by atoms with Crippen LogP contribution in [0.3, 0.4) is 0 Å². The maximum atomic E-state index is 12.8. The SMILES string of the molecule is Cc1cccc(N2CCN(S(=O)(=O)c3cc(C)c(C(=O)O)s3)CC2)c1. The van der Waals surface area contributed by atoms with E-state index in [0.29, 0.717) is 31.7 Å². The van der Waals surface area contributed by atoms with Crippen LogP contribution < -0.4 is 4.90 Å². The van der Waals surface area contributed by atoms with Gasteiger partial charge in [0.1, 0.15) is 9.09 Å². The Kier molecular flexibility index (Phi) is 4.86. The fourth-order valence-corrected chi connectivity index (χ4v) is 5.89. The number of nitrogens with zero attached hydrogens (tertiary/aromatic N) is 2. The third-order valence-electron chi connectivity index (χ3n) is 4.29. The molecule has 0 saturated carbocycles. The number of hydrogen-bond donors (Lipinski definition) is 1. The van der Waals surface area contributed by atoms with E-state index in [1.807, 2.05) is 25.1 Å². The van der Waals surface area contributed by atoms with Gasteiger partial charge in [-0.1, -0.05) is 12.1 Å². The third-order valence-corrected chi connectivity index (χ3v) is 7.86. The van der Waals surface area contributed by atoms with E-state index < -0.39 is 16.0 Å². The van der Waals surface area contributed by atoms with Crippen molar-refractivity contribution in [1.82, 2.24) is 4.31 Å². The van der Waals surface area contributed by atoms with E-state index in [4.69, 9.17) is 5.11 Å². The van der Waals surface area contributed by atoms with Gasteiger partial charge >= 0.3 is 5.97 Å². The van der Waals surface area contributed by atoms with E-state index >= 15 is 0 Å². The van der Waals surface area contributed by atoms with Crippen LogP contribution in [0.5, 0.6) is 0 Å². The standard InChI is InChI=1S/C17H20N2O4S2/c1-12-4-3-5-14(10-12)18-6-8-19(9-7-18)25(22,23)15-11-13(2)16(24-15)17(20)21/h3-5,10-11H,6-9H2,1-2H3,(H,20,21). The van der Waals surface area contributed by atoms with Crippen molar-refractivity contribution in [3.8, 4) is 0 Å². The van der Waals surface area contributed by atoms with Gasteiger partial charge in [0.2, 0.25) is 0 Å². The topological polar surface area (TPSA) is 77.9 Å². The molecule has 134 valence electrons. The molecule has 1 aromatic carbocycles. The molecule has 2 aromatic rings. The Bertz CT molecular complexity index is 897. The molecule has 0 bridgehead atoms. The highest BCUT2D eigenvalue weighted by Gasteiger charge is 2.31. The van der Waals surface area contributed by atoms with Crippen LogP contribution in [0.1, 0.15) is 20.8 Å². The first-order valence-corrected chi connectivity index (χ1v) is 10.2. The maximum Gasteiger partial charge on any atom is 0.346 e. The van der Waals surface area contributed by atoms with Gasteiger partial charge in [-0.25, -0.2) is 13.2 Å². The highest BCUT2D eigenvalue weighted by atomic mass is 32.2. The number of carbonyl (C=O) groups is 1. The molecule has 6 nitrogen and oxygen atoms in total. The summed E-state index contributed by atoms with van der Waals surface area (Å²) < 4.78 is 27.1. The summed E-state index contributed by atoms with van der Waals surface area (Å²) in [4.78, 5) is 13.4. The zero-order chi connectivity index (χ0) is 18.2. The molecule has 0 unspecified atom stereocenters. The lowest BCUT2D eigenvalue weighted by atomic mass is 10.2. The van der Waals surface area contributed by atoms with E-state index in [0.717, 1.165) is 17.0 Å². The number of aryl methyl sites for hydroxylation is 2. The highest BCUT2D eigenvalue weighted by Crippen LogP contribution is 2.29. The highest BCUT2D eigenvalue weighted by molar-refractivity contribution is 7.91. The lowest BCUT2D eigenvalue weighted by molar-refractivity contribution is 0.0701. The molecule has 3 rings (SSSR count). The average molecular weight is 380 g/mol. The molecule has 0 radical (unpaired) electrons. The van der Waals surface area contributed by atoms with Crippen molar-refractivity contribution in [3.05, 3.63) is 46.3 Å². The lowest BCUT2D eigenvalue weighted by Crippen LogP contribution is -2.48. The van der Waals surface area contributed by atoms with Gasteiger partial charge in [-0.3, -0.25) is 0 Å². The first kappa shape index (κ1) is 17.9. The van der Waals surface area contributed by atoms with Gasteiger partial charge in [0, 0.05) is 31.9 Å². The summed E-state index contributed by atoms with van der Waals surface area (Å²) in [5, 5.41) is 9.13. The molecule has 1 aromatic heterocycles. The Morgan fingerprint density at radius 1 is 1.12 bits per heavy atom. The molecule has 1 aliphatic rings. The van der Waals surface area contributed by atoms with Crippen LogP contribution in [-0.4, -0.2) is 50.0 Å². The Balaban J connectivity index is 1.75. The van der Waals surface area contributed by atoms with Gasteiger partial charge in [0.15, 0.2) is 0 Å². The number of carboxylic acids is 1. The number of thiophene rings is 1. The smallest absolute Gasteiger partial charge is 0.346 e. The van der Waals surface area contributed by atoms with Gasteiger partial charge in [-0.05, 0) is 43.2 Å². The Hall–Kier alpha value is -1.90. The van der Waals surface area contributed by atoms with Crippen LogP contribution in [0.4, 0.5) is 5.69 Å². The van der Waals surface area contributed by atoms with Crippen LogP contribution >= 0.6 is 11.3 Å². The van der Waals surface area contributed by atoms with Crippen molar-refractivity contribution in [2.24, 2.45) is 0 Å². The fraction of sp³-hybridized carbons (Fsp3) is 0.353. The normalized spacial score (nSPS) is 16.2. The molecule has 25 heavy (non-hydrogen) atoms. The molecule has 1 N–H and O–H groups in total. The lowest BCUT2D eigenvalue weighted by Gasteiger charge is -2.35. The molecule has 0 atom stereocenters. The minimum Gasteiger partial charge on any atom is -0.477 e. The summed E-state index contributed by atoms with van der Waals surface area (Å²) in [7, 11) is -3.65. The van der Waals surface area contributed by atoms with Crippen LogP contribution in [-0.2, 0) is 10.0 Å². The minimum absolute atomic E-state index is 0.0805. The monoisotopic (exact) mass is 380 g/mol. The largest absolute Gasteiger partial charge is 0.477 e. The van der Waals surface area contributed by atoms with E-state index in [1.54, 1.807) is 6.92 Å². The summed E-state index contributed by atoms with van der Waals surface area (Å²) >= 11 is 0.825. The number of carboxylic acid groups (broad SMARTS) is 1. The van der Waals surface area contributed by atoms with Crippen molar-refractivity contribution >= 4 is 33.0 Å². The molecule has 0 amide bonds. The summed E-state index contributed by atoms with van der Waals surface area (Å²) in [6.07, 6.45) is 0. The summed E-state index contributed by atoms with van der Waals surface area (Å²) in [6, 6.07) is 9.60. The zero-order valence-electron chi connectivity index (χ0n) is 14.1. The van der Waals surface area contributed by atoms with Gasteiger partial charge in [0.05, 0.1) is 0 Å². The van der Waals surface area contributed by atoms with Crippen molar-refractivity contribution < 1.29 is 18.3 Å². The fourth-order valence-electron chi connectivity index (χ4n) is 2.93. The summed E-state index contributed by atoms with van der Waals surface area (Å²) in [5.41, 5.74) is 2.74. The van der Waals surface area contributed by atoms with E-state index in [2.05, 4.69) is 11.0 Å². The predicted molar refractivity (Wildman–Crippen MR) is 98.2 cm³/mol. The first-order valence-electron chi connectivity index (χ1n) is 7.94. The number of piperazine rings is 1. The number of rotatable bonds is 4. The Morgan fingerprint density at radius 3 is 2.36 bits per heavy atom. The van der Waals surface area contributed by atoms with Gasteiger partial charge in [0.25, 0.3) is 10.0 Å². The molecule has 0 aliphatic carbocycles. The molecular formula is C17H20N2O4S2. The van der Waals surface area contributed by atoms with Gasteiger partial charge in [-0.2, -0.15) is 4.31 Å². The maximum absolute atomic E-state index is 12.8.